The van der Waals surface area contributed by atoms with E-state index in [1.807, 2.05) is 11.0 Å². The third kappa shape index (κ3) is 3.79. The van der Waals surface area contributed by atoms with Crippen LogP contribution in [0.2, 0.25) is 0 Å². The molecular formula is C16H23FN2O. The topological polar surface area (TPSA) is 23.6 Å². The van der Waals surface area contributed by atoms with E-state index in [0.717, 1.165) is 26.2 Å². The first-order valence-corrected chi connectivity index (χ1v) is 7.33. The van der Waals surface area contributed by atoms with E-state index in [9.17, 15) is 9.18 Å². The zero-order valence-corrected chi connectivity index (χ0v) is 12.3. The Balaban J connectivity index is 1.80. The van der Waals surface area contributed by atoms with E-state index in [-0.39, 0.29) is 11.7 Å². The number of hydrogen-bond acceptors (Lipinski definition) is 2. The van der Waals surface area contributed by atoms with Crippen molar-refractivity contribution < 1.29 is 9.18 Å². The average molecular weight is 278 g/mol. The van der Waals surface area contributed by atoms with Crippen molar-refractivity contribution in [1.82, 2.24) is 9.80 Å². The third-order valence-electron chi connectivity index (χ3n) is 3.96. The largest absolute Gasteiger partial charge is 0.340 e. The normalized spacial score (nSPS) is 16.7. The van der Waals surface area contributed by atoms with Crippen LogP contribution >= 0.6 is 0 Å². The van der Waals surface area contributed by atoms with Crippen molar-refractivity contribution in [2.45, 2.75) is 32.7 Å². The zero-order chi connectivity index (χ0) is 14.5. The molecule has 1 aromatic carbocycles. The maximum atomic E-state index is 13.5. The number of piperazine rings is 1. The van der Waals surface area contributed by atoms with Gasteiger partial charge in [0.25, 0.3) is 0 Å². The number of nitrogens with zero attached hydrogens (tertiary/aromatic N) is 2. The van der Waals surface area contributed by atoms with Crippen molar-refractivity contribution in [1.29, 1.82) is 0 Å². The Morgan fingerprint density at radius 2 is 1.85 bits per heavy atom. The van der Waals surface area contributed by atoms with Gasteiger partial charge in [-0.05, 0) is 31.9 Å². The first kappa shape index (κ1) is 15.0. The van der Waals surface area contributed by atoms with Gasteiger partial charge >= 0.3 is 0 Å². The van der Waals surface area contributed by atoms with Gasteiger partial charge in [0.2, 0.25) is 5.91 Å². The Bertz CT molecular complexity index is 454. The second-order valence-corrected chi connectivity index (χ2v) is 5.60. The summed E-state index contributed by atoms with van der Waals surface area (Å²) >= 11 is 0. The third-order valence-corrected chi connectivity index (χ3v) is 3.96. The van der Waals surface area contributed by atoms with E-state index in [4.69, 9.17) is 0 Å². The summed E-state index contributed by atoms with van der Waals surface area (Å²) in [4.78, 5) is 16.4. The number of amides is 1. The Labute approximate surface area is 120 Å². The minimum atomic E-state index is -0.218. The second-order valence-electron chi connectivity index (χ2n) is 5.60. The average Bonchev–Trinajstić information content (AvgIpc) is 2.46. The lowest BCUT2D eigenvalue weighted by Gasteiger charge is -2.37. The number of hydrogen-bond donors (Lipinski definition) is 0. The zero-order valence-electron chi connectivity index (χ0n) is 12.3. The molecule has 0 radical (unpaired) electrons. The lowest BCUT2D eigenvalue weighted by Crippen LogP contribution is -2.50. The molecule has 4 heteroatoms. The summed E-state index contributed by atoms with van der Waals surface area (Å²) < 4.78 is 13.5. The molecule has 0 saturated carbocycles. The van der Waals surface area contributed by atoms with Gasteiger partial charge in [-0.15, -0.1) is 0 Å². The SMILES string of the molecule is CC(C)N1CCN(C(=O)CCc2ccccc2F)CC1. The number of carbonyl (C=O) groups is 1. The molecular weight excluding hydrogens is 255 g/mol. The van der Waals surface area contributed by atoms with E-state index >= 15 is 0 Å². The summed E-state index contributed by atoms with van der Waals surface area (Å²) in [5, 5.41) is 0. The minimum absolute atomic E-state index is 0.136. The van der Waals surface area contributed by atoms with E-state index in [0.29, 0.717) is 24.4 Å². The predicted octanol–water partition coefficient (Wildman–Crippen LogP) is 2.31. The summed E-state index contributed by atoms with van der Waals surface area (Å²) in [5.41, 5.74) is 0.627. The summed E-state index contributed by atoms with van der Waals surface area (Å²) in [7, 11) is 0. The molecule has 1 fully saturated rings. The highest BCUT2D eigenvalue weighted by atomic mass is 19.1. The van der Waals surface area contributed by atoms with E-state index in [1.54, 1.807) is 12.1 Å². The molecule has 20 heavy (non-hydrogen) atoms. The van der Waals surface area contributed by atoms with Crippen LogP contribution in [-0.2, 0) is 11.2 Å². The number of aryl methyl sites for hydroxylation is 1. The molecule has 2 rings (SSSR count). The van der Waals surface area contributed by atoms with Crippen LogP contribution in [0.15, 0.2) is 24.3 Å². The van der Waals surface area contributed by atoms with Crippen molar-refractivity contribution in [3.63, 3.8) is 0 Å². The number of rotatable bonds is 4. The van der Waals surface area contributed by atoms with E-state index in [1.165, 1.54) is 6.07 Å². The number of carbonyl (C=O) groups excluding carboxylic acids is 1. The van der Waals surface area contributed by atoms with Gasteiger partial charge in [-0.25, -0.2) is 4.39 Å². The van der Waals surface area contributed by atoms with Crippen LogP contribution < -0.4 is 0 Å². The number of halogens is 1. The Kier molecular flexibility index (Phi) is 5.12. The fraction of sp³-hybridized carbons (Fsp3) is 0.562. The monoisotopic (exact) mass is 278 g/mol. The fourth-order valence-corrected chi connectivity index (χ4v) is 2.59. The molecule has 0 spiro atoms. The van der Waals surface area contributed by atoms with Gasteiger partial charge in [0.1, 0.15) is 5.82 Å². The molecule has 1 aromatic rings. The molecule has 0 unspecified atom stereocenters. The molecule has 0 N–H and O–H groups in total. The van der Waals surface area contributed by atoms with Gasteiger partial charge in [0.05, 0.1) is 0 Å². The first-order valence-electron chi connectivity index (χ1n) is 7.33. The van der Waals surface area contributed by atoms with Crippen molar-refractivity contribution in [3.8, 4) is 0 Å². The van der Waals surface area contributed by atoms with Gasteiger partial charge in [-0.3, -0.25) is 9.69 Å². The molecule has 0 aromatic heterocycles. The van der Waals surface area contributed by atoms with Crippen LogP contribution in [0.25, 0.3) is 0 Å². The molecule has 1 amide bonds. The summed E-state index contributed by atoms with van der Waals surface area (Å²) in [6.45, 7) is 7.79. The molecule has 1 aliphatic rings. The van der Waals surface area contributed by atoms with Crippen LogP contribution in [0.1, 0.15) is 25.8 Å². The Hall–Kier alpha value is -1.42. The molecule has 110 valence electrons. The van der Waals surface area contributed by atoms with Gasteiger partial charge in [0, 0.05) is 38.6 Å². The Morgan fingerprint density at radius 3 is 2.45 bits per heavy atom. The molecule has 1 heterocycles. The molecule has 0 bridgehead atoms. The summed E-state index contributed by atoms with van der Waals surface area (Å²) in [6, 6.07) is 7.21. The van der Waals surface area contributed by atoms with Crippen LogP contribution in [0.3, 0.4) is 0 Å². The van der Waals surface area contributed by atoms with Crippen LogP contribution in [0.4, 0.5) is 4.39 Å². The lowest BCUT2D eigenvalue weighted by molar-refractivity contribution is -0.133. The van der Waals surface area contributed by atoms with Gasteiger partial charge in [-0.1, -0.05) is 18.2 Å². The van der Waals surface area contributed by atoms with Crippen LogP contribution in [0.5, 0.6) is 0 Å². The Morgan fingerprint density at radius 1 is 1.20 bits per heavy atom. The van der Waals surface area contributed by atoms with Gasteiger partial charge < -0.3 is 4.90 Å². The van der Waals surface area contributed by atoms with Crippen molar-refractivity contribution in [2.24, 2.45) is 0 Å². The standard InChI is InChI=1S/C16H23FN2O/c1-13(2)18-9-11-19(12-10-18)16(20)8-7-14-5-3-4-6-15(14)17/h3-6,13H,7-12H2,1-2H3. The van der Waals surface area contributed by atoms with E-state index < -0.39 is 0 Å². The molecule has 1 aliphatic heterocycles. The van der Waals surface area contributed by atoms with Crippen LogP contribution in [0, 0.1) is 5.82 Å². The van der Waals surface area contributed by atoms with Gasteiger partial charge in [0.15, 0.2) is 0 Å². The lowest BCUT2D eigenvalue weighted by atomic mass is 10.1. The maximum Gasteiger partial charge on any atom is 0.222 e. The minimum Gasteiger partial charge on any atom is -0.340 e. The van der Waals surface area contributed by atoms with Crippen LogP contribution in [-0.4, -0.2) is 47.9 Å². The highest BCUT2D eigenvalue weighted by Crippen LogP contribution is 2.12. The maximum absolute atomic E-state index is 13.5. The van der Waals surface area contributed by atoms with Crippen molar-refractivity contribution >= 4 is 5.91 Å². The predicted molar refractivity (Wildman–Crippen MR) is 78.0 cm³/mol. The highest BCUT2D eigenvalue weighted by Gasteiger charge is 2.22. The summed E-state index contributed by atoms with van der Waals surface area (Å²) in [5.74, 6) is -0.0819. The smallest absolute Gasteiger partial charge is 0.222 e. The molecule has 1 saturated heterocycles. The highest BCUT2D eigenvalue weighted by molar-refractivity contribution is 5.76. The molecule has 3 nitrogen and oxygen atoms in total. The number of benzene rings is 1. The fourth-order valence-electron chi connectivity index (χ4n) is 2.59. The first-order chi connectivity index (χ1) is 9.58. The van der Waals surface area contributed by atoms with Gasteiger partial charge in [-0.2, -0.15) is 0 Å². The second kappa shape index (κ2) is 6.84. The van der Waals surface area contributed by atoms with Crippen molar-refractivity contribution in [2.75, 3.05) is 26.2 Å². The molecule has 0 atom stereocenters. The summed E-state index contributed by atoms with van der Waals surface area (Å²) in [6.07, 6.45) is 0.874. The van der Waals surface area contributed by atoms with Crippen molar-refractivity contribution in [3.05, 3.63) is 35.6 Å². The quantitative estimate of drug-likeness (QED) is 0.844. The molecule has 0 aliphatic carbocycles. The van der Waals surface area contributed by atoms with E-state index in [2.05, 4.69) is 18.7 Å².